The summed E-state index contributed by atoms with van der Waals surface area (Å²) in [7, 11) is -1.91. The van der Waals surface area contributed by atoms with Crippen molar-refractivity contribution < 1.29 is 13.2 Å². The van der Waals surface area contributed by atoms with Crippen LogP contribution < -0.4 is 0 Å². The van der Waals surface area contributed by atoms with E-state index in [9.17, 15) is 13.2 Å². The zero-order valence-corrected chi connectivity index (χ0v) is 17.7. The summed E-state index contributed by atoms with van der Waals surface area (Å²) in [4.78, 5) is 18.1. The van der Waals surface area contributed by atoms with Gasteiger partial charge in [0, 0.05) is 50.5 Å². The minimum atomic E-state index is -3.65. The summed E-state index contributed by atoms with van der Waals surface area (Å²) in [6, 6.07) is 7.54. The summed E-state index contributed by atoms with van der Waals surface area (Å²) in [5, 5.41) is 5.29. The van der Waals surface area contributed by atoms with E-state index in [0.717, 1.165) is 10.9 Å². The summed E-state index contributed by atoms with van der Waals surface area (Å²) < 4.78 is 29.5. The van der Waals surface area contributed by atoms with E-state index in [1.54, 1.807) is 30.5 Å². The average molecular weight is 416 g/mol. The number of fused-ring (bicyclic) bond motifs is 1. The third-order valence-electron chi connectivity index (χ3n) is 5.58. The predicted molar refractivity (Wildman–Crippen MR) is 110 cm³/mol. The molecule has 9 heteroatoms. The molecular weight excluding hydrogens is 390 g/mol. The summed E-state index contributed by atoms with van der Waals surface area (Å²) in [5.41, 5.74) is 2.65. The Morgan fingerprint density at radius 2 is 1.90 bits per heavy atom. The molecule has 1 fully saturated rings. The molecule has 0 bridgehead atoms. The lowest BCUT2D eigenvalue weighted by Gasteiger charge is -2.22. The number of carbonyl (C=O) groups excluding carboxylic acids is 1. The van der Waals surface area contributed by atoms with Crippen molar-refractivity contribution in [1.29, 1.82) is 0 Å². The lowest BCUT2D eigenvalue weighted by molar-refractivity contribution is 0.0764. The standard InChI is InChI=1S/C20H25N5O3S/c1-14-19(15(2)23(3)22-14)29(27,28)25-10-4-9-24(11-12-25)20(26)17-6-5-16-7-8-21-18(16)13-17/h5-8,13,21H,4,9-12H2,1-3H3. The van der Waals surface area contributed by atoms with Crippen LogP contribution >= 0.6 is 0 Å². The van der Waals surface area contributed by atoms with Crippen molar-refractivity contribution in [2.24, 2.45) is 7.05 Å². The summed E-state index contributed by atoms with van der Waals surface area (Å²) in [5.74, 6) is -0.0745. The molecule has 0 aliphatic carbocycles. The van der Waals surface area contributed by atoms with E-state index in [0.29, 0.717) is 43.0 Å². The Kier molecular flexibility index (Phi) is 4.95. The van der Waals surface area contributed by atoms with Crippen molar-refractivity contribution in [3.05, 3.63) is 47.4 Å². The molecule has 1 amide bonds. The van der Waals surface area contributed by atoms with Crippen molar-refractivity contribution >= 4 is 26.8 Å². The fraction of sp³-hybridized carbons (Fsp3) is 0.400. The molecule has 1 saturated heterocycles. The Bertz CT molecular complexity index is 1180. The zero-order chi connectivity index (χ0) is 20.8. The number of nitrogens with one attached hydrogen (secondary N) is 1. The molecule has 154 valence electrons. The van der Waals surface area contributed by atoms with Crippen molar-refractivity contribution in [2.75, 3.05) is 26.2 Å². The number of hydrogen-bond donors (Lipinski definition) is 1. The highest BCUT2D eigenvalue weighted by Crippen LogP contribution is 2.24. The number of sulfonamides is 1. The van der Waals surface area contributed by atoms with Crippen LogP contribution in [0, 0.1) is 13.8 Å². The molecule has 1 N–H and O–H groups in total. The minimum Gasteiger partial charge on any atom is -0.361 e. The molecule has 0 atom stereocenters. The third kappa shape index (κ3) is 3.44. The Balaban J connectivity index is 1.53. The largest absolute Gasteiger partial charge is 0.361 e. The summed E-state index contributed by atoms with van der Waals surface area (Å²) in [6.45, 7) is 5.02. The highest BCUT2D eigenvalue weighted by Gasteiger charge is 2.32. The van der Waals surface area contributed by atoms with Gasteiger partial charge in [-0.2, -0.15) is 9.40 Å². The number of benzene rings is 1. The van der Waals surface area contributed by atoms with E-state index in [-0.39, 0.29) is 17.3 Å². The van der Waals surface area contributed by atoms with Gasteiger partial charge in [0.2, 0.25) is 10.0 Å². The average Bonchev–Trinajstić information content (AvgIpc) is 3.14. The van der Waals surface area contributed by atoms with Crippen molar-refractivity contribution in [3.8, 4) is 0 Å². The maximum Gasteiger partial charge on any atom is 0.253 e. The SMILES string of the molecule is Cc1nn(C)c(C)c1S(=O)(=O)N1CCCN(C(=O)c2ccc3cc[nH]c3c2)CC1. The lowest BCUT2D eigenvalue weighted by Crippen LogP contribution is -2.37. The molecule has 29 heavy (non-hydrogen) atoms. The van der Waals surface area contributed by atoms with Crippen LogP contribution in [0.5, 0.6) is 0 Å². The quantitative estimate of drug-likeness (QED) is 0.709. The highest BCUT2D eigenvalue weighted by atomic mass is 32.2. The van der Waals surface area contributed by atoms with E-state index in [1.807, 2.05) is 30.5 Å². The number of rotatable bonds is 3. The van der Waals surface area contributed by atoms with E-state index < -0.39 is 10.0 Å². The maximum atomic E-state index is 13.2. The monoisotopic (exact) mass is 415 g/mol. The second-order valence-electron chi connectivity index (χ2n) is 7.45. The van der Waals surface area contributed by atoms with Crippen LogP contribution in [0.1, 0.15) is 28.2 Å². The van der Waals surface area contributed by atoms with Crippen molar-refractivity contribution in [2.45, 2.75) is 25.2 Å². The second-order valence-corrected chi connectivity index (χ2v) is 9.33. The number of aryl methyl sites for hydroxylation is 2. The first kappa shape index (κ1) is 19.7. The van der Waals surface area contributed by atoms with Gasteiger partial charge >= 0.3 is 0 Å². The van der Waals surface area contributed by atoms with Gasteiger partial charge in [-0.15, -0.1) is 0 Å². The minimum absolute atomic E-state index is 0.0745. The van der Waals surface area contributed by atoms with Gasteiger partial charge in [0.15, 0.2) is 0 Å². The molecule has 3 heterocycles. The van der Waals surface area contributed by atoms with Crippen molar-refractivity contribution in [3.63, 3.8) is 0 Å². The van der Waals surface area contributed by atoms with Gasteiger partial charge in [-0.3, -0.25) is 9.48 Å². The molecule has 2 aromatic heterocycles. The topological polar surface area (TPSA) is 91.3 Å². The van der Waals surface area contributed by atoms with Gasteiger partial charge < -0.3 is 9.88 Å². The number of nitrogens with zero attached hydrogens (tertiary/aromatic N) is 4. The summed E-state index contributed by atoms with van der Waals surface area (Å²) in [6.07, 6.45) is 2.43. The Morgan fingerprint density at radius 3 is 2.62 bits per heavy atom. The number of H-pyrrole nitrogens is 1. The van der Waals surface area contributed by atoms with Crippen LogP contribution in [0.4, 0.5) is 0 Å². The van der Waals surface area contributed by atoms with Crippen LogP contribution in [0.3, 0.4) is 0 Å². The molecule has 0 spiro atoms. The summed E-state index contributed by atoms with van der Waals surface area (Å²) >= 11 is 0. The van der Waals surface area contributed by atoms with E-state index in [4.69, 9.17) is 0 Å². The van der Waals surface area contributed by atoms with Crippen LogP contribution in [0.2, 0.25) is 0 Å². The molecule has 3 aromatic rings. The van der Waals surface area contributed by atoms with Gasteiger partial charge in [-0.25, -0.2) is 8.42 Å². The van der Waals surface area contributed by atoms with Crippen LogP contribution in [0.25, 0.3) is 10.9 Å². The number of aromatic amines is 1. The van der Waals surface area contributed by atoms with E-state index >= 15 is 0 Å². The number of aromatic nitrogens is 3. The maximum absolute atomic E-state index is 13.2. The fourth-order valence-corrected chi connectivity index (χ4v) is 5.83. The zero-order valence-electron chi connectivity index (χ0n) is 16.8. The first-order valence-electron chi connectivity index (χ1n) is 9.66. The first-order valence-corrected chi connectivity index (χ1v) is 11.1. The molecule has 8 nitrogen and oxygen atoms in total. The third-order valence-corrected chi connectivity index (χ3v) is 7.74. The molecule has 0 unspecified atom stereocenters. The van der Waals surface area contributed by atoms with Gasteiger partial charge in [-0.1, -0.05) is 6.07 Å². The fourth-order valence-electron chi connectivity index (χ4n) is 3.96. The van der Waals surface area contributed by atoms with Crippen LogP contribution in [0.15, 0.2) is 35.4 Å². The van der Waals surface area contributed by atoms with E-state index in [2.05, 4.69) is 10.1 Å². The highest BCUT2D eigenvalue weighted by molar-refractivity contribution is 7.89. The Labute approximate surface area is 170 Å². The number of carbonyl (C=O) groups is 1. The van der Waals surface area contributed by atoms with Gasteiger partial charge in [0.25, 0.3) is 5.91 Å². The van der Waals surface area contributed by atoms with Crippen LogP contribution in [-0.2, 0) is 17.1 Å². The van der Waals surface area contributed by atoms with Crippen molar-refractivity contribution in [1.82, 2.24) is 24.0 Å². The molecule has 1 aromatic carbocycles. The van der Waals surface area contributed by atoms with Gasteiger partial charge in [0.05, 0.1) is 11.4 Å². The molecule has 0 radical (unpaired) electrons. The molecule has 1 aliphatic rings. The molecular formula is C20H25N5O3S. The Morgan fingerprint density at radius 1 is 1.10 bits per heavy atom. The molecule has 0 saturated carbocycles. The molecule has 4 rings (SSSR count). The van der Waals surface area contributed by atoms with Gasteiger partial charge in [-0.05, 0) is 43.9 Å². The van der Waals surface area contributed by atoms with E-state index in [1.165, 1.54) is 4.31 Å². The normalized spacial score (nSPS) is 16.3. The van der Waals surface area contributed by atoms with Gasteiger partial charge in [0.1, 0.15) is 4.90 Å². The van der Waals surface area contributed by atoms with Crippen LogP contribution in [-0.4, -0.2) is 64.5 Å². The number of hydrogen-bond acceptors (Lipinski definition) is 4. The predicted octanol–water partition coefficient (Wildman–Crippen LogP) is 2.06. The second kappa shape index (κ2) is 7.31. The lowest BCUT2D eigenvalue weighted by atomic mass is 10.1. The Hall–Kier alpha value is -2.65. The first-order chi connectivity index (χ1) is 13.8. The smallest absolute Gasteiger partial charge is 0.253 e. The number of amides is 1. The molecule has 1 aliphatic heterocycles.